The van der Waals surface area contributed by atoms with Gasteiger partial charge in [0, 0.05) is 24.7 Å². The summed E-state index contributed by atoms with van der Waals surface area (Å²) in [6.07, 6.45) is 2.38. The van der Waals surface area contributed by atoms with E-state index in [1.165, 1.54) is 25.0 Å². The van der Waals surface area contributed by atoms with Crippen LogP contribution in [-0.2, 0) is 6.54 Å². The Morgan fingerprint density at radius 3 is 2.67 bits per heavy atom. The van der Waals surface area contributed by atoms with Gasteiger partial charge in [-0.2, -0.15) is 0 Å². The van der Waals surface area contributed by atoms with Gasteiger partial charge in [0.05, 0.1) is 15.7 Å². The molecule has 3 nitrogen and oxygen atoms in total. The summed E-state index contributed by atoms with van der Waals surface area (Å²) < 4.78 is 18.9. The number of nitrogens with zero attached hydrogens (tertiary/aromatic N) is 1. The lowest BCUT2D eigenvalue weighted by Crippen LogP contribution is -2.16. The molecule has 0 atom stereocenters. The monoisotopic (exact) mass is 326 g/mol. The summed E-state index contributed by atoms with van der Waals surface area (Å²) >= 11 is 11.7. The standard InChI is InChI=1S/C15H13Cl2FN2O/c16-11-4-3-10(7-13(11)18)21-15-6-5-12(17)14(20-15)8-19-9-1-2-9/h3-7,9,19H,1-2,8H2. The number of benzene rings is 1. The van der Waals surface area contributed by atoms with Crippen LogP contribution in [0.1, 0.15) is 18.5 Å². The molecule has 0 aliphatic heterocycles. The smallest absolute Gasteiger partial charge is 0.219 e. The van der Waals surface area contributed by atoms with Crippen LogP contribution >= 0.6 is 23.2 Å². The number of rotatable bonds is 5. The molecule has 1 N–H and O–H groups in total. The quantitative estimate of drug-likeness (QED) is 0.873. The van der Waals surface area contributed by atoms with Crippen molar-refractivity contribution in [2.45, 2.75) is 25.4 Å². The van der Waals surface area contributed by atoms with Crippen molar-refractivity contribution < 1.29 is 9.13 Å². The SMILES string of the molecule is Fc1cc(Oc2ccc(Cl)c(CNC3CC3)n2)ccc1Cl. The molecule has 1 saturated carbocycles. The maximum Gasteiger partial charge on any atom is 0.219 e. The third kappa shape index (κ3) is 3.84. The van der Waals surface area contributed by atoms with E-state index < -0.39 is 5.82 Å². The average Bonchev–Trinajstić information content (AvgIpc) is 3.28. The molecule has 1 aromatic carbocycles. The van der Waals surface area contributed by atoms with Crippen molar-refractivity contribution in [1.29, 1.82) is 0 Å². The molecule has 0 radical (unpaired) electrons. The van der Waals surface area contributed by atoms with Crippen molar-refractivity contribution in [2.75, 3.05) is 0 Å². The number of ether oxygens (including phenoxy) is 1. The van der Waals surface area contributed by atoms with Crippen molar-refractivity contribution in [1.82, 2.24) is 10.3 Å². The number of pyridine rings is 1. The van der Waals surface area contributed by atoms with Crippen molar-refractivity contribution in [3.05, 3.63) is 51.9 Å². The number of halogens is 3. The molecule has 1 aliphatic carbocycles. The summed E-state index contributed by atoms with van der Waals surface area (Å²) in [4.78, 5) is 4.35. The molecule has 1 aliphatic rings. The van der Waals surface area contributed by atoms with Crippen molar-refractivity contribution in [2.24, 2.45) is 0 Å². The molecule has 6 heteroatoms. The predicted molar refractivity (Wildman–Crippen MR) is 80.6 cm³/mol. The normalized spacial score (nSPS) is 14.2. The van der Waals surface area contributed by atoms with Crippen molar-refractivity contribution in [3.63, 3.8) is 0 Å². The number of aromatic nitrogens is 1. The number of hydrogen-bond donors (Lipinski definition) is 1. The summed E-state index contributed by atoms with van der Waals surface area (Å²) in [7, 11) is 0. The fourth-order valence-electron chi connectivity index (χ4n) is 1.83. The third-order valence-electron chi connectivity index (χ3n) is 3.14. The highest BCUT2D eigenvalue weighted by molar-refractivity contribution is 6.31. The van der Waals surface area contributed by atoms with Gasteiger partial charge in [0.1, 0.15) is 11.6 Å². The summed E-state index contributed by atoms with van der Waals surface area (Å²) in [5, 5.41) is 3.98. The van der Waals surface area contributed by atoms with E-state index in [2.05, 4.69) is 10.3 Å². The van der Waals surface area contributed by atoms with Crippen LogP contribution in [0.4, 0.5) is 4.39 Å². The molecular weight excluding hydrogens is 314 g/mol. The number of nitrogens with one attached hydrogen (secondary N) is 1. The van der Waals surface area contributed by atoms with E-state index in [0.29, 0.717) is 29.2 Å². The summed E-state index contributed by atoms with van der Waals surface area (Å²) in [6.45, 7) is 0.593. The first kappa shape index (κ1) is 14.6. The Balaban J connectivity index is 1.74. The van der Waals surface area contributed by atoms with Crippen molar-refractivity contribution >= 4 is 23.2 Å². The number of hydrogen-bond acceptors (Lipinski definition) is 3. The molecule has 2 aromatic rings. The minimum absolute atomic E-state index is 0.0562. The molecule has 0 unspecified atom stereocenters. The first-order valence-corrected chi connectivity index (χ1v) is 7.39. The maximum absolute atomic E-state index is 13.4. The Bertz CT molecular complexity index is 662. The molecule has 1 aromatic heterocycles. The van der Waals surface area contributed by atoms with Crippen LogP contribution in [0.3, 0.4) is 0 Å². The van der Waals surface area contributed by atoms with Gasteiger partial charge in [-0.3, -0.25) is 0 Å². The van der Waals surface area contributed by atoms with Crippen molar-refractivity contribution in [3.8, 4) is 11.6 Å². The van der Waals surface area contributed by atoms with Crippen LogP contribution in [0, 0.1) is 5.82 Å². The summed E-state index contributed by atoms with van der Waals surface area (Å²) in [6, 6.07) is 8.19. The van der Waals surface area contributed by atoms with E-state index in [1.807, 2.05) is 0 Å². The van der Waals surface area contributed by atoms with E-state index in [0.717, 1.165) is 5.69 Å². The van der Waals surface area contributed by atoms with Gasteiger partial charge in [-0.1, -0.05) is 23.2 Å². The van der Waals surface area contributed by atoms with Gasteiger partial charge in [0.2, 0.25) is 5.88 Å². The average molecular weight is 327 g/mol. The van der Waals surface area contributed by atoms with E-state index in [-0.39, 0.29) is 5.02 Å². The molecule has 110 valence electrons. The van der Waals surface area contributed by atoms with E-state index in [1.54, 1.807) is 18.2 Å². The van der Waals surface area contributed by atoms with Gasteiger partial charge in [-0.15, -0.1) is 0 Å². The van der Waals surface area contributed by atoms with Gasteiger partial charge in [0.25, 0.3) is 0 Å². The Morgan fingerprint density at radius 1 is 1.19 bits per heavy atom. The lowest BCUT2D eigenvalue weighted by Gasteiger charge is -2.09. The Kier molecular flexibility index (Phi) is 4.29. The van der Waals surface area contributed by atoms with E-state index in [4.69, 9.17) is 27.9 Å². The van der Waals surface area contributed by atoms with Crippen LogP contribution in [0.25, 0.3) is 0 Å². The topological polar surface area (TPSA) is 34.1 Å². The first-order chi connectivity index (χ1) is 10.1. The Labute approximate surface area is 132 Å². The highest BCUT2D eigenvalue weighted by Gasteiger charge is 2.20. The molecule has 1 heterocycles. The lowest BCUT2D eigenvalue weighted by molar-refractivity contribution is 0.455. The van der Waals surface area contributed by atoms with E-state index >= 15 is 0 Å². The third-order valence-corrected chi connectivity index (χ3v) is 3.79. The summed E-state index contributed by atoms with van der Waals surface area (Å²) in [5.74, 6) is 0.181. The highest BCUT2D eigenvalue weighted by Crippen LogP contribution is 2.27. The minimum Gasteiger partial charge on any atom is -0.439 e. The zero-order valence-corrected chi connectivity index (χ0v) is 12.6. The largest absolute Gasteiger partial charge is 0.439 e. The second-order valence-corrected chi connectivity index (χ2v) is 5.73. The van der Waals surface area contributed by atoms with E-state index in [9.17, 15) is 4.39 Å². The van der Waals surface area contributed by atoms with Crippen LogP contribution in [0.2, 0.25) is 10.0 Å². The van der Waals surface area contributed by atoms with Crippen LogP contribution in [0.15, 0.2) is 30.3 Å². The molecular formula is C15H13Cl2FN2O. The maximum atomic E-state index is 13.4. The molecule has 3 rings (SSSR count). The second kappa shape index (κ2) is 6.18. The summed E-state index contributed by atoms with van der Waals surface area (Å²) in [5.41, 5.74) is 0.718. The van der Waals surface area contributed by atoms with Gasteiger partial charge >= 0.3 is 0 Å². The molecule has 21 heavy (non-hydrogen) atoms. The lowest BCUT2D eigenvalue weighted by atomic mass is 10.3. The molecule has 0 saturated heterocycles. The van der Waals surface area contributed by atoms with Gasteiger partial charge < -0.3 is 10.1 Å². The fourth-order valence-corrected chi connectivity index (χ4v) is 2.12. The molecule has 0 bridgehead atoms. The molecule has 0 spiro atoms. The van der Waals surface area contributed by atoms with Gasteiger partial charge in [-0.25, -0.2) is 9.37 Å². The Morgan fingerprint density at radius 2 is 1.95 bits per heavy atom. The van der Waals surface area contributed by atoms with Crippen LogP contribution < -0.4 is 10.1 Å². The second-order valence-electron chi connectivity index (χ2n) is 4.91. The zero-order chi connectivity index (χ0) is 14.8. The highest BCUT2D eigenvalue weighted by atomic mass is 35.5. The zero-order valence-electron chi connectivity index (χ0n) is 11.1. The molecule has 1 fully saturated rings. The first-order valence-electron chi connectivity index (χ1n) is 6.63. The Hall–Kier alpha value is -1.36. The fraction of sp³-hybridized carbons (Fsp3) is 0.267. The minimum atomic E-state index is -0.529. The van der Waals surface area contributed by atoms with Gasteiger partial charge in [0.15, 0.2) is 0 Å². The van der Waals surface area contributed by atoms with Crippen LogP contribution in [0.5, 0.6) is 11.6 Å². The predicted octanol–water partition coefficient (Wildman–Crippen LogP) is 4.57. The molecule has 0 amide bonds. The van der Waals surface area contributed by atoms with Gasteiger partial charge in [-0.05, 0) is 31.0 Å². The van der Waals surface area contributed by atoms with Crippen LogP contribution in [-0.4, -0.2) is 11.0 Å².